The van der Waals surface area contributed by atoms with Crippen LogP contribution in [0.15, 0.2) is 234 Å². The maximum absolute atomic E-state index is 15.1. The molecule has 10 aromatic rings. The Bertz CT molecular complexity index is 3900. The molecule has 5 heteroatoms. The lowest BCUT2D eigenvalue weighted by atomic mass is 9.63. The molecule has 3 nitrogen and oxygen atoms in total. The number of anilines is 2. The molecule has 0 fully saturated rings. The Morgan fingerprint density at radius 3 is 2.07 bits per heavy atom. The van der Waals surface area contributed by atoms with Crippen molar-refractivity contribution in [2.45, 2.75) is 44.1 Å². The molecular formula is C65H48F2N2O. The van der Waals surface area contributed by atoms with E-state index in [1.54, 1.807) is 0 Å². The Balaban J connectivity index is 1.14. The second-order valence-corrected chi connectivity index (χ2v) is 19.5. The van der Waals surface area contributed by atoms with E-state index in [4.69, 9.17) is 4.42 Å². The molecule has 2 unspecified atom stereocenters. The van der Waals surface area contributed by atoms with E-state index >= 15 is 8.78 Å². The number of hydrogen-bond donors (Lipinski definition) is 0. The van der Waals surface area contributed by atoms with E-state index in [-0.39, 0.29) is 23.1 Å². The highest BCUT2D eigenvalue weighted by molar-refractivity contribution is 6.10. The number of fused-ring (bicyclic) bond motifs is 12. The lowest BCUT2D eigenvalue weighted by Gasteiger charge is -2.42. The fraction of sp³-hybridized carbons (Fsp3) is 0.108. The first-order valence-electron chi connectivity index (χ1n) is 24.1. The lowest BCUT2D eigenvalue weighted by Crippen LogP contribution is -2.35. The van der Waals surface area contributed by atoms with E-state index in [2.05, 4.69) is 188 Å². The first-order chi connectivity index (χ1) is 34.2. The van der Waals surface area contributed by atoms with Crippen molar-refractivity contribution in [1.29, 1.82) is 0 Å². The zero-order valence-corrected chi connectivity index (χ0v) is 39.2. The van der Waals surface area contributed by atoms with Crippen LogP contribution in [-0.2, 0) is 10.8 Å². The van der Waals surface area contributed by atoms with Crippen LogP contribution in [0.2, 0.25) is 0 Å². The molecule has 2 atom stereocenters. The number of halogens is 2. The van der Waals surface area contributed by atoms with E-state index < -0.39 is 5.41 Å². The number of allylic oxidation sites excluding steroid dienone is 5. The molecule has 0 amide bonds. The van der Waals surface area contributed by atoms with Crippen molar-refractivity contribution < 1.29 is 13.2 Å². The summed E-state index contributed by atoms with van der Waals surface area (Å²) in [5.74, 6) is 0.134. The molecule has 0 radical (unpaired) electrons. The van der Waals surface area contributed by atoms with Crippen molar-refractivity contribution in [2.24, 2.45) is 0 Å². The van der Waals surface area contributed by atoms with Gasteiger partial charge in [0.15, 0.2) is 0 Å². The minimum atomic E-state index is -1.00. The maximum Gasteiger partial charge on any atom is 0.141 e. The molecule has 0 bridgehead atoms. The normalized spacial score (nSPS) is 17.9. The van der Waals surface area contributed by atoms with Gasteiger partial charge in [0.05, 0.1) is 28.3 Å². The Morgan fingerprint density at radius 2 is 1.29 bits per heavy atom. The van der Waals surface area contributed by atoms with Crippen LogP contribution in [-0.4, -0.2) is 4.57 Å². The van der Waals surface area contributed by atoms with Crippen molar-refractivity contribution in [3.8, 4) is 16.8 Å². The Hall–Kier alpha value is -8.28. The highest BCUT2D eigenvalue weighted by atomic mass is 19.1. The second kappa shape index (κ2) is 15.6. The van der Waals surface area contributed by atoms with E-state index in [0.717, 1.165) is 89.2 Å². The van der Waals surface area contributed by atoms with Gasteiger partial charge in [-0.05, 0) is 130 Å². The number of nitrogens with zero attached hydrogens (tertiary/aromatic N) is 2. The number of furan rings is 1. The molecule has 0 aliphatic heterocycles. The largest absolute Gasteiger partial charge is 0.456 e. The molecule has 0 saturated carbocycles. The Kier molecular flexibility index (Phi) is 9.35. The van der Waals surface area contributed by atoms with Gasteiger partial charge in [-0.3, -0.25) is 0 Å². The fourth-order valence-corrected chi connectivity index (χ4v) is 12.5. The standard InChI is InChI=1S/C65H48F2N2O/c1-5-41(28-27-40(2)66)65(42-29-31-43(67)32-30-42)54-24-14-10-21-51(54)61-56(65)39-59(62-52-22-12-16-26-60(52)70-63(61)62)68(45-33-35-48-47-19-9-13-23-53(47)64(3,4)55(48)37-45)46-34-36-50-49-20-11-15-25-57(49)69(58(50)38-46)44-17-7-6-8-18-44/h5-38,59H,1,39H2,2-4H3/b40-27+,41-28+. The molecule has 0 saturated heterocycles. The highest BCUT2D eigenvalue weighted by Gasteiger charge is 2.53. The van der Waals surface area contributed by atoms with Gasteiger partial charge < -0.3 is 13.9 Å². The van der Waals surface area contributed by atoms with E-state index in [1.807, 2.05) is 30.4 Å². The van der Waals surface area contributed by atoms with Gasteiger partial charge in [-0.25, -0.2) is 8.78 Å². The third-order valence-electron chi connectivity index (χ3n) is 15.5. The fourth-order valence-electron chi connectivity index (χ4n) is 12.5. The van der Waals surface area contributed by atoms with Gasteiger partial charge in [0.25, 0.3) is 0 Å². The number of aromatic nitrogens is 1. The maximum atomic E-state index is 15.1. The summed E-state index contributed by atoms with van der Waals surface area (Å²) in [5.41, 5.74) is 16.8. The first kappa shape index (κ1) is 41.9. The molecule has 3 aliphatic rings. The number of benzene rings is 8. The summed E-state index contributed by atoms with van der Waals surface area (Å²) >= 11 is 0. The Labute approximate surface area is 406 Å². The quantitative estimate of drug-likeness (QED) is 0.142. The van der Waals surface area contributed by atoms with Crippen molar-refractivity contribution >= 4 is 49.7 Å². The number of para-hydroxylation sites is 3. The van der Waals surface area contributed by atoms with Gasteiger partial charge in [-0.1, -0.05) is 160 Å². The number of hydrogen-bond acceptors (Lipinski definition) is 2. The zero-order chi connectivity index (χ0) is 47.5. The highest BCUT2D eigenvalue weighted by Crippen LogP contribution is 2.64. The predicted molar refractivity (Wildman–Crippen MR) is 283 cm³/mol. The van der Waals surface area contributed by atoms with Crippen LogP contribution < -0.4 is 4.90 Å². The van der Waals surface area contributed by atoms with Gasteiger partial charge in [0.1, 0.15) is 17.2 Å². The molecule has 0 spiro atoms. The monoisotopic (exact) mass is 910 g/mol. The topological polar surface area (TPSA) is 21.3 Å². The van der Waals surface area contributed by atoms with Crippen molar-refractivity contribution in [3.05, 3.63) is 275 Å². The molecule has 13 rings (SSSR count). The molecule has 8 aromatic carbocycles. The van der Waals surface area contributed by atoms with E-state index in [9.17, 15) is 0 Å². The third-order valence-corrected chi connectivity index (χ3v) is 15.5. The molecule has 2 heterocycles. The van der Waals surface area contributed by atoms with Crippen LogP contribution in [0.1, 0.15) is 72.4 Å². The average Bonchev–Trinajstić information content (AvgIpc) is 4.09. The van der Waals surface area contributed by atoms with Crippen LogP contribution in [0.5, 0.6) is 0 Å². The van der Waals surface area contributed by atoms with Crippen LogP contribution in [0, 0.1) is 5.82 Å². The smallest absolute Gasteiger partial charge is 0.141 e. The summed E-state index contributed by atoms with van der Waals surface area (Å²) in [6.45, 7) is 10.5. The second-order valence-electron chi connectivity index (χ2n) is 19.5. The van der Waals surface area contributed by atoms with Crippen molar-refractivity contribution in [2.75, 3.05) is 4.90 Å². The minimum Gasteiger partial charge on any atom is -0.456 e. The molecule has 70 heavy (non-hydrogen) atoms. The summed E-state index contributed by atoms with van der Waals surface area (Å²) in [5, 5.41) is 3.39. The SMILES string of the molecule is C=C/C(=C\C=C(/C)F)C1(c2ccc(F)cc2)C2=C(c3ccccc31)c1oc3ccccc3c1C(N(c1ccc3c(c1)C(C)(C)c1ccccc1-3)c1ccc3c4ccccc4n(-c4ccccc4)c3c1)C2. The van der Waals surface area contributed by atoms with Crippen molar-refractivity contribution in [3.63, 3.8) is 0 Å². The lowest BCUT2D eigenvalue weighted by molar-refractivity contribution is 0.555. The van der Waals surface area contributed by atoms with E-state index in [0.29, 0.717) is 6.42 Å². The van der Waals surface area contributed by atoms with Crippen LogP contribution in [0.3, 0.4) is 0 Å². The third kappa shape index (κ3) is 5.91. The predicted octanol–water partition coefficient (Wildman–Crippen LogP) is 17.3. The van der Waals surface area contributed by atoms with Gasteiger partial charge in [-0.15, -0.1) is 0 Å². The summed E-state index contributed by atoms with van der Waals surface area (Å²) in [7, 11) is 0. The summed E-state index contributed by atoms with van der Waals surface area (Å²) in [6, 6.07) is 65.3. The summed E-state index contributed by atoms with van der Waals surface area (Å²) in [4.78, 5) is 2.54. The van der Waals surface area contributed by atoms with Crippen molar-refractivity contribution in [1.82, 2.24) is 4.57 Å². The zero-order valence-electron chi connectivity index (χ0n) is 39.2. The summed E-state index contributed by atoms with van der Waals surface area (Å²) < 4.78 is 39.8. The van der Waals surface area contributed by atoms with Gasteiger partial charge in [0.2, 0.25) is 0 Å². The van der Waals surface area contributed by atoms with Gasteiger partial charge in [-0.2, -0.15) is 0 Å². The average molecular weight is 911 g/mol. The van der Waals surface area contributed by atoms with Gasteiger partial charge in [0, 0.05) is 49.8 Å². The molecule has 0 N–H and O–H groups in total. The van der Waals surface area contributed by atoms with Crippen LogP contribution in [0.4, 0.5) is 20.2 Å². The Morgan fingerprint density at radius 1 is 0.643 bits per heavy atom. The minimum absolute atomic E-state index is 0.260. The molecular weight excluding hydrogens is 863 g/mol. The van der Waals surface area contributed by atoms with Crippen LogP contribution >= 0.6 is 0 Å². The molecule has 2 aromatic heterocycles. The molecule has 338 valence electrons. The molecule has 3 aliphatic carbocycles. The first-order valence-corrected chi connectivity index (χ1v) is 24.1. The number of rotatable bonds is 8. The van der Waals surface area contributed by atoms with Gasteiger partial charge >= 0.3 is 0 Å². The van der Waals surface area contributed by atoms with Crippen LogP contribution in [0.25, 0.3) is 55.2 Å². The van der Waals surface area contributed by atoms with E-state index in [1.165, 1.54) is 52.8 Å². The summed E-state index contributed by atoms with van der Waals surface area (Å²) in [6.07, 6.45) is 5.72.